The van der Waals surface area contributed by atoms with Crippen LogP contribution in [0.15, 0.2) is 23.1 Å². The summed E-state index contributed by atoms with van der Waals surface area (Å²) >= 11 is 1.50. The fourth-order valence-electron chi connectivity index (χ4n) is 1.24. The Morgan fingerprint density at radius 1 is 1.45 bits per heavy atom. The first-order valence-electron chi connectivity index (χ1n) is 5.61. The van der Waals surface area contributed by atoms with Crippen LogP contribution >= 0.6 is 11.8 Å². The SMILES string of the molecule is CSC(C)(C)CNS(=O)(=O)c1ccc(O)c([N+](=O)[O-])c1. The van der Waals surface area contributed by atoms with Crippen LogP contribution in [-0.2, 0) is 10.0 Å². The van der Waals surface area contributed by atoms with Gasteiger partial charge in [0.05, 0.1) is 9.82 Å². The summed E-state index contributed by atoms with van der Waals surface area (Å²) in [4.78, 5) is 9.61. The van der Waals surface area contributed by atoms with E-state index in [1.54, 1.807) is 0 Å². The molecule has 0 spiro atoms. The summed E-state index contributed by atoms with van der Waals surface area (Å²) in [6, 6.07) is 2.95. The first-order valence-corrected chi connectivity index (χ1v) is 8.32. The Bertz CT molecular complexity index is 613. The summed E-state index contributed by atoms with van der Waals surface area (Å²) in [6.07, 6.45) is 1.86. The molecule has 9 heteroatoms. The lowest BCUT2D eigenvalue weighted by molar-refractivity contribution is -0.386. The highest BCUT2D eigenvalue weighted by atomic mass is 32.2. The molecule has 1 rings (SSSR count). The number of nitro benzene ring substituents is 1. The number of nitrogens with zero attached hydrogens (tertiary/aromatic N) is 1. The Balaban J connectivity index is 3.05. The molecule has 0 aliphatic rings. The average Bonchev–Trinajstić information content (AvgIpc) is 2.36. The minimum Gasteiger partial charge on any atom is -0.502 e. The van der Waals surface area contributed by atoms with E-state index in [-0.39, 0.29) is 16.2 Å². The van der Waals surface area contributed by atoms with Crippen LogP contribution in [0.3, 0.4) is 0 Å². The third kappa shape index (κ3) is 4.09. The first-order chi connectivity index (χ1) is 9.09. The van der Waals surface area contributed by atoms with Crippen LogP contribution in [0.25, 0.3) is 0 Å². The summed E-state index contributed by atoms with van der Waals surface area (Å²) in [7, 11) is -3.86. The number of hydrogen-bond donors (Lipinski definition) is 2. The molecule has 7 nitrogen and oxygen atoms in total. The fraction of sp³-hybridized carbons (Fsp3) is 0.455. The van der Waals surface area contributed by atoms with Crippen LogP contribution in [0.5, 0.6) is 5.75 Å². The van der Waals surface area contributed by atoms with E-state index in [1.165, 1.54) is 11.8 Å². The Morgan fingerprint density at radius 3 is 2.55 bits per heavy atom. The highest BCUT2D eigenvalue weighted by molar-refractivity contribution is 8.00. The molecule has 0 atom stereocenters. The van der Waals surface area contributed by atoms with E-state index in [1.807, 2.05) is 20.1 Å². The van der Waals surface area contributed by atoms with Gasteiger partial charge in [-0.25, -0.2) is 13.1 Å². The molecule has 0 saturated heterocycles. The highest BCUT2D eigenvalue weighted by Gasteiger charge is 2.24. The van der Waals surface area contributed by atoms with Gasteiger partial charge in [0.15, 0.2) is 5.75 Å². The molecule has 0 fully saturated rings. The highest BCUT2D eigenvalue weighted by Crippen LogP contribution is 2.28. The van der Waals surface area contributed by atoms with Crippen molar-refractivity contribution in [2.24, 2.45) is 0 Å². The molecule has 0 radical (unpaired) electrons. The summed E-state index contributed by atoms with van der Waals surface area (Å²) < 4.78 is 26.2. The van der Waals surface area contributed by atoms with Gasteiger partial charge in [-0.05, 0) is 32.2 Å². The maximum atomic E-state index is 12.1. The number of aromatic hydroxyl groups is 1. The number of benzene rings is 1. The maximum Gasteiger partial charge on any atom is 0.312 e. The number of phenolic OH excluding ortho intramolecular Hbond substituents is 1. The molecule has 0 saturated carbocycles. The molecule has 0 unspecified atom stereocenters. The second-order valence-corrected chi connectivity index (χ2v) is 7.98. The molecule has 2 N–H and O–H groups in total. The fourth-order valence-corrected chi connectivity index (χ4v) is 2.78. The summed E-state index contributed by atoms with van der Waals surface area (Å²) in [5.41, 5.74) is -0.642. The van der Waals surface area contributed by atoms with Gasteiger partial charge < -0.3 is 5.11 Å². The minimum absolute atomic E-state index is 0.186. The lowest BCUT2D eigenvalue weighted by Gasteiger charge is -2.22. The lowest BCUT2D eigenvalue weighted by Crippen LogP contribution is -2.36. The van der Waals surface area contributed by atoms with Crippen molar-refractivity contribution in [1.29, 1.82) is 0 Å². The number of nitro groups is 1. The molecule has 0 aliphatic heterocycles. The van der Waals surface area contributed by atoms with Crippen molar-refractivity contribution in [3.8, 4) is 5.75 Å². The summed E-state index contributed by atoms with van der Waals surface area (Å²) in [5.74, 6) is -0.571. The van der Waals surface area contributed by atoms with Gasteiger partial charge in [0.2, 0.25) is 10.0 Å². The lowest BCUT2D eigenvalue weighted by atomic mass is 10.2. The second kappa shape index (κ2) is 5.98. The van der Waals surface area contributed by atoms with Crippen molar-refractivity contribution in [3.63, 3.8) is 0 Å². The minimum atomic E-state index is -3.86. The molecule has 0 amide bonds. The van der Waals surface area contributed by atoms with Crippen LogP contribution in [0.4, 0.5) is 5.69 Å². The number of hydrogen-bond acceptors (Lipinski definition) is 6. The van der Waals surface area contributed by atoms with Gasteiger partial charge in [-0.3, -0.25) is 10.1 Å². The monoisotopic (exact) mass is 320 g/mol. The quantitative estimate of drug-likeness (QED) is 0.610. The number of thioether (sulfide) groups is 1. The van der Waals surface area contributed by atoms with Crippen molar-refractivity contribution >= 4 is 27.5 Å². The molecular formula is C11H16N2O5S2. The van der Waals surface area contributed by atoms with E-state index in [2.05, 4.69) is 4.72 Å². The summed E-state index contributed by atoms with van der Waals surface area (Å²) in [5, 5.41) is 20.0. The normalized spacial score (nSPS) is 12.3. The van der Waals surface area contributed by atoms with Crippen LogP contribution in [0, 0.1) is 10.1 Å². The Morgan fingerprint density at radius 2 is 2.05 bits per heavy atom. The van der Waals surface area contributed by atoms with E-state index in [4.69, 9.17) is 0 Å². The topological polar surface area (TPSA) is 110 Å². The van der Waals surface area contributed by atoms with Crippen molar-refractivity contribution < 1.29 is 18.4 Å². The van der Waals surface area contributed by atoms with Gasteiger partial charge in [-0.15, -0.1) is 0 Å². The van der Waals surface area contributed by atoms with Crippen LogP contribution in [0.2, 0.25) is 0 Å². The molecule has 1 aromatic rings. The molecule has 0 heterocycles. The van der Waals surface area contributed by atoms with E-state index in [0.29, 0.717) is 0 Å². The number of phenols is 1. The third-order valence-corrected chi connectivity index (χ3v) is 5.34. The van der Waals surface area contributed by atoms with E-state index >= 15 is 0 Å². The first kappa shape index (κ1) is 16.7. The smallest absolute Gasteiger partial charge is 0.312 e. The van der Waals surface area contributed by atoms with Gasteiger partial charge in [0, 0.05) is 17.4 Å². The predicted octanol–water partition coefficient (Wildman–Crippen LogP) is 1.72. The molecule has 0 bridgehead atoms. The number of rotatable bonds is 6. The zero-order chi connectivity index (χ0) is 15.6. The van der Waals surface area contributed by atoms with Crippen molar-refractivity contribution in [2.75, 3.05) is 12.8 Å². The third-order valence-electron chi connectivity index (χ3n) is 2.69. The maximum absolute atomic E-state index is 12.1. The van der Waals surface area contributed by atoms with Crippen molar-refractivity contribution in [3.05, 3.63) is 28.3 Å². The van der Waals surface area contributed by atoms with Crippen LogP contribution in [0.1, 0.15) is 13.8 Å². The molecule has 112 valence electrons. The molecule has 1 aromatic carbocycles. The number of nitrogens with one attached hydrogen (secondary N) is 1. The van der Waals surface area contributed by atoms with Crippen LogP contribution < -0.4 is 4.72 Å². The Labute approximate surface area is 121 Å². The standard InChI is InChI=1S/C11H16N2O5S2/c1-11(2,19-3)7-12-20(17,18)8-4-5-10(14)9(6-8)13(15)16/h4-6,12,14H,7H2,1-3H3. The van der Waals surface area contributed by atoms with E-state index in [0.717, 1.165) is 18.2 Å². The Kier molecular flexibility index (Phi) is 5.00. The summed E-state index contributed by atoms with van der Waals surface area (Å²) in [6.45, 7) is 3.93. The Hall–Kier alpha value is -1.32. The second-order valence-electron chi connectivity index (χ2n) is 4.70. The van der Waals surface area contributed by atoms with Gasteiger partial charge in [-0.1, -0.05) is 0 Å². The zero-order valence-corrected chi connectivity index (χ0v) is 12.9. The van der Waals surface area contributed by atoms with Gasteiger partial charge in [0.1, 0.15) is 0 Å². The molecular weight excluding hydrogens is 304 g/mol. The van der Waals surface area contributed by atoms with Crippen molar-refractivity contribution in [1.82, 2.24) is 4.72 Å². The number of sulfonamides is 1. The largest absolute Gasteiger partial charge is 0.502 e. The van der Waals surface area contributed by atoms with Crippen LogP contribution in [-0.4, -0.2) is 36.0 Å². The molecule has 0 aliphatic carbocycles. The van der Waals surface area contributed by atoms with E-state index in [9.17, 15) is 23.6 Å². The van der Waals surface area contributed by atoms with E-state index < -0.39 is 26.4 Å². The molecule has 0 aromatic heterocycles. The zero-order valence-electron chi connectivity index (χ0n) is 11.3. The molecule has 20 heavy (non-hydrogen) atoms. The average molecular weight is 320 g/mol. The predicted molar refractivity (Wildman–Crippen MR) is 77.5 cm³/mol. The van der Waals surface area contributed by atoms with Gasteiger partial charge in [0.25, 0.3) is 0 Å². The van der Waals surface area contributed by atoms with Gasteiger partial charge >= 0.3 is 5.69 Å². The van der Waals surface area contributed by atoms with Gasteiger partial charge in [-0.2, -0.15) is 11.8 Å². The van der Waals surface area contributed by atoms with Crippen molar-refractivity contribution in [2.45, 2.75) is 23.5 Å².